The lowest BCUT2D eigenvalue weighted by molar-refractivity contribution is 0.309. The van der Waals surface area contributed by atoms with E-state index in [4.69, 9.17) is 4.99 Å². The molecule has 2 unspecified atom stereocenters. The minimum atomic E-state index is 0. The van der Waals surface area contributed by atoms with Gasteiger partial charge in [-0.3, -0.25) is 4.99 Å². The van der Waals surface area contributed by atoms with Crippen LogP contribution in [0.25, 0.3) is 0 Å². The van der Waals surface area contributed by atoms with E-state index in [1.54, 1.807) is 0 Å². The van der Waals surface area contributed by atoms with Crippen molar-refractivity contribution in [3.05, 3.63) is 35.4 Å². The number of hydrogen-bond donors (Lipinski definition) is 2. The van der Waals surface area contributed by atoms with Crippen LogP contribution in [-0.4, -0.2) is 50.1 Å². The van der Waals surface area contributed by atoms with Gasteiger partial charge in [-0.2, -0.15) is 0 Å². The Morgan fingerprint density at radius 3 is 2.79 bits per heavy atom. The highest BCUT2D eigenvalue weighted by atomic mass is 127. The van der Waals surface area contributed by atoms with Gasteiger partial charge in [0.15, 0.2) is 5.96 Å². The fraction of sp³-hybridized carbons (Fsp3) is 0.632. The van der Waals surface area contributed by atoms with E-state index in [0.29, 0.717) is 12.0 Å². The van der Waals surface area contributed by atoms with Crippen molar-refractivity contribution in [2.24, 2.45) is 4.99 Å². The molecule has 5 heteroatoms. The van der Waals surface area contributed by atoms with E-state index in [2.05, 4.69) is 67.6 Å². The van der Waals surface area contributed by atoms with Crippen molar-refractivity contribution in [1.29, 1.82) is 0 Å². The Morgan fingerprint density at radius 1 is 1.38 bits per heavy atom. The second kappa shape index (κ2) is 10.9. The van der Waals surface area contributed by atoms with Gasteiger partial charge >= 0.3 is 0 Å². The van der Waals surface area contributed by atoms with Gasteiger partial charge in [0.1, 0.15) is 0 Å². The van der Waals surface area contributed by atoms with Gasteiger partial charge in [-0.05, 0) is 45.8 Å². The zero-order chi connectivity index (χ0) is 16.7. The van der Waals surface area contributed by atoms with Crippen LogP contribution in [0.15, 0.2) is 29.3 Å². The molecule has 1 aromatic rings. The SMILES string of the molecule is CCNC(=NCC(C)c1cccc(C)c1)NCC1CCCN1C.I. The van der Waals surface area contributed by atoms with E-state index in [9.17, 15) is 0 Å². The first-order valence-corrected chi connectivity index (χ1v) is 8.89. The molecule has 0 aliphatic carbocycles. The summed E-state index contributed by atoms with van der Waals surface area (Å²) in [4.78, 5) is 7.22. The molecule has 1 fully saturated rings. The lowest BCUT2D eigenvalue weighted by atomic mass is 10.00. The van der Waals surface area contributed by atoms with Crippen LogP contribution < -0.4 is 10.6 Å². The number of hydrogen-bond acceptors (Lipinski definition) is 2. The van der Waals surface area contributed by atoms with Gasteiger partial charge in [0.2, 0.25) is 0 Å². The highest BCUT2D eigenvalue weighted by molar-refractivity contribution is 14.0. The molecule has 0 saturated carbocycles. The first-order valence-electron chi connectivity index (χ1n) is 8.89. The summed E-state index contributed by atoms with van der Waals surface area (Å²) in [5.74, 6) is 1.37. The monoisotopic (exact) mass is 444 g/mol. The molecule has 2 atom stereocenters. The average molecular weight is 444 g/mol. The van der Waals surface area contributed by atoms with Crippen molar-refractivity contribution in [3.8, 4) is 0 Å². The maximum absolute atomic E-state index is 4.78. The van der Waals surface area contributed by atoms with E-state index < -0.39 is 0 Å². The fourth-order valence-corrected chi connectivity index (χ4v) is 3.10. The Balaban J connectivity index is 0.00000288. The molecule has 0 bridgehead atoms. The van der Waals surface area contributed by atoms with Crippen LogP contribution >= 0.6 is 24.0 Å². The van der Waals surface area contributed by atoms with E-state index in [1.807, 2.05) is 0 Å². The number of benzene rings is 1. The zero-order valence-corrected chi connectivity index (χ0v) is 17.8. The summed E-state index contributed by atoms with van der Waals surface area (Å²) in [5.41, 5.74) is 2.67. The second-order valence-electron chi connectivity index (χ2n) is 6.69. The standard InChI is InChI=1S/C19H32N4.HI/c1-5-20-19(22-14-18-10-7-11-23(18)4)21-13-16(3)17-9-6-8-15(2)12-17;/h6,8-9,12,16,18H,5,7,10-11,13-14H2,1-4H3,(H2,20,21,22);1H. The van der Waals surface area contributed by atoms with Gasteiger partial charge in [0.25, 0.3) is 0 Å². The van der Waals surface area contributed by atoms with Crippen LogP contribution in [0.3, 0.4) is 0 Å². The van der Waals surface area contributed by atoms with Gasteiger partial charge in [0, 0.05) is 31.6 Å². The average Bonchev–Trinajstić information content (AvgIpc) is 2.95. The molecule has 24 heavy (non-hydrogen) atoms. The number of nitrogens with zero attached hydrogens (tertiary/aromatic N) is 2. The molecule has 2 N–H and O–H groups in total. The molecule has 1 aromatic carbocycles. The fourth-order valence-electron chi connectivity index (χ4n) is 3.10. The number of guanidine groups is 1. The van der Waals surface area contributed by atoms with Gasteiger partial charge in [0.05, 0.1) is 0 Å². The maximum Gasteiger partial charge on any atom is 0.191 e. The summed E-state index contributed by atoms with van der Waals surface area (Å²) in [6.07, 6.45) is 2.59. The van der Waals surface area contributed by atoms with Gasteiger partial charge in [-0.25, -0.2) is 0 Å². The lowest BCUT2D eigenvalue weighted by Gasteiger charge is -2.21. The molecule has 1 aliphatic heterocycles. The van der Waals surface area contributed by atoms with E-state index >= 15 is 0 Å². The third kappa shape index (κ3) is 6.59. The topological polar surface area (TPSA) is 39.7 Å². The Bertz CT molecular complexity index is 518. The van der Waals surface area contributed by atoms with Crippen molar-refractivity contribution in [2.45, 2.75) is 45.6 Å². The second-order valence-corrected chi connectivity index (χ2v) is 6.69. The Morgan fingerprint density at radius 2 is 2.17 bits per heavy atom. The van der Waals surface area contributed by atoms with Crippen LogP contribution in [0.5, 0.6) is 0 Å². The minimum absolute atomic E-state index is 0. The Hall–Kier alpha value is -0.820. The Kier molecular flexibility index (Phi) is 9.66. The highest BCUT2D eigenvalue weighted by Crippen LogP contribution is 2.17. The van der Waals surface area contributed by atoms with Crippen LogP contribution in [-0.2, 0) is 0 Å². The van der Waals surface area contributed by atoms with Crippen LogP contribution in [0.4, 0.5) is 0 Å². The number of likely N-dealkylation sites (tertiary alicyclic amines) is 1. The number of halogens is 1. The number of aryl methyl sites for hydroxylation is 1. The molecule has 0 radical (unpaired) electrons. The quantitative estimate of drug-likeness (QED) is 0.402. The van der Waals surface area contributed by atoms with Gasteiger partial charge in [-0.1, -0.05) is 36.8 Å². The van der Waals surface area contributed by atoms with Crippen molar-refractivity contribution in [2.75, 3.05) is 33.2 Å². The maximum atomic E-state index is 4.78. The summed E-state index contributed by atoms with van der Waals surface area (Å²) in [7, 11) is 2.21. The zero-order valence-electron chi connectivity index (χ0n) is 15.5. The van der Waals surface area contributed by atoms with Crippen LogP contribution in [0.2, 0.25) is 0 Å². The predicted molar refractivity (Wildman–Crippen MR) is 115 cm³/mol. The van der Waals surface area contributed by atoms with Crippen molar-refractivity contribution in [1.82, 2.24) is 15.5 Å². The summed E-state index contributed by atoms with van der Waals surface area (Å²) < 4.78 is 0. The van der Waals surface area contributed by atoms with E-state index in [1.165, 1.54) is 30.5 Å². The van der Waals surface area contributed by atoms with Crippen molar-refractivity contribution < 1.29 is 0 Å². The molecule has 4 nitrogen and oxygen atoms in total. The molecule has 1 saturated heterocycles. The number of rotatable bonds is 6. The molecule has 0 aromatic heterocycles. The minimum Gasteiger partial charge on any atom is -0.357 e. The van der Waals surface area contributed by atoms with Crippen LogP contribution in [0, 0.1) is 6.92 Å². The molecule has 1 heterocycles. The predicted octanol–water partition coefficient (Wildman–Crippen LogP) is 3.37. The lowest BCUT2D eigenvalue weighted by Crippen LogP contribution is -2.44. The molecular formula is C19H33IN4. The molecule has 1 aliphatic rings. The number of aliphatic imine (C=N–C) groups is 1. The molecule has 2 rings (SSSR count). The summed E-state index contributed by atoms with van der Waals surface area (Å²) in [6, 6.07) is 9.36. The first-order chi connectivity index (χ1) is 11.1. The molecule has 0 spiro atoms. The molecule has 136 valence electrons. The Labute approximate surface area is 164 Å². The van der Waals surface area contributed by atoms with Crippen LogP contribution in [0.1, 0.15) is 43.7 Å². The highest BCUT2D eigenvalue weighted by Gasteiger charge is 2.20. The van der Waals surface area contributed by atoms with E-state index in [0.717, 1.165) is 25.6 Å². The smallest absolute Gasteiger partial charge is 0.191 e. The van der Waals surface area contributed by atoms with Gasteiger partial charge < -0.3 is 15.5 Å². The summed E-state index contributed by atoms with van der Waals surface area (Å²) >= 11 is 0. The number of likely N-dealkylation sites (N-methyl/N-ethyl adjacent to an activating group) is 1. The first kappa shape index (κ1) is 21.2. The summed E-state index contributed by atoms with van der Waals surface area (Å²) in [5, 5.41) is 6.87. The van der Waals surface area contributed by atoms with Crippen molar-refractivity contribution in [3.63, 3.8) is 0 Å². The third-order valence-corrected chi connectivity index (χ3v) is 4.66. The van der Waals surface area contributed by atoms with Crippen molar-refractivity contribution >= 4 is 29.9 Å². The summed E-state index contributed by atoms with van der Waals surface area (Å²) in [6.45, 7) is 10.4. The molecule has 0 amide bonds. The normalized spacial score (nSPS) is 19.7. The van der Waals surface area contributed by atoms with E-state index in [-0.39, 0.29) is 24.0 Å². The molecular weight excluding hydrogens is 411 g/mol. The largest absolute Gasteiger partial charge is 0.357 e. The third-order valence-electron chi connectivity index (χ3n) is 4.66. The van der Waals surface area contributed by atoms with Gasteiger partial charge in [-0.15, -0.1) is 24.0 Å². The number of nitrogens with one attached hydrogen (secondary N) is 2.